The van der Waals surface area contributed by atoms with Crippen molar-refractivity contribution >= 4 is 16.9 Å². The number of benzene rings is 1. The zero-order valence-electron chi connectivity index (χ0n) is 16.3. The number of rotatable bonds is 7. The molecule has 0 radical (unpaired) electrons. The van der Waals surface area contributed by atoms with Gasteiger partial charge in [-0.2, -0.15) is 0 Å². The van der Waals surface area contributed by atoms with Gasteiger partial charge in [0.25, 0.3) is 0 Å². The van der Waals surface area contributed by atoms with E-state index in [0.717, 1.165) is 28.9 Å². The molecule has 1 aromatic carbocycles. The van der Waals surface area contributed by atoms with Crippen molar-refractivity contribution in [2.24, 2.45) is 10.9 Å². The van der Waals surface area contributed by atoms with Crippen molar-refractivity contribution < 1.29 is 9.15 Å². The monoisotopic (exact) mass is 378 g/mol. The Morgan fingerprint density at radius 3 is 2.93 bits per heavy atom. The molecular weight excluding hydrogens is 352 g/mol. The van der Waals surface area contributed by atoms with Crippen LogP contribution >= 0.6 is 0 Å². The lowest BCUT2D eigenvalue weighted by Crippen LogP contribution is -2.38. The number of furan rings is 1. The highest BCUT2D eigenvalue weighted by Crippen LogP contribution is 2.29. The van der Waals surface area contributed by atoms with E-state index in [4.69, 9.17) is 9.15 Å². The van der Waals surface area contributed by atoms with Crippen LogP contribution in [0.2, 0.25) is 0 Å². The lowest BCUT2D eigenvalue weighted by atomic mass is 10.2. The third-order valence-electron chi connectivity index (χ3n) is 4.87. The zero-order valence-corrected chi connectivity index (χ0v) is 16.3. The van der Waals surface area contributed by atoms with E-state index in [-0.39, 0.29) is 6.04 Å². The number of aliphatic imine (C=N–C) groups is 1. The van der Waals surface area contributed by atoms with Gasteiger partial charge in [0.15, 0.2) is 5.96 Å². The van der Waals surface area contributed by atoms with Crippen LogP contribution in [0.1, 0.15) is 37.1 Å². The van der Waals surface area contributed by atoms with Crippen LogP contribution in [0.5, 0.6) is 5.88 Å². The topological polar surface area (TPSA) is 71.7 Å². The van der Waals surface area contributed by atoms with E-state index in [2.05, 4.69) is 39.7 Å². The quantitative estimate of drug-likeness (QED) is 0.479. The van der Waals surface area contributed by atoms with Crippen LogP contribution in [-0.4, -0.2) is 24.6 Å². The number of para-hydroxylation sites is 1. The van der Waals surface area contributed by atoms with E-state index in [1.165, 1.54) is 12.8 Å². The van der Waals surface area contributed by atoms with Gasteiger partial charge in [-0.05, 0) is 49.4 Å². The fraction of sp³-hybridized carbons (Fsp3) is 0.364. The van der Waals surface area contributed by atoms with Crippen molar-refractivity contribution in [3.63, 3.8) is 0 Å². The van der Waals surface area contributed by atoms with Gasteiger partial charge in [-0.1, -0.05) is 18.2 Å². The number of aromatic nitrogens is 1. The predicted octanol–water partition coefficient (Wildman–Crippen LogP) is 4.04. The number of hydrogen-bond donors (Lipinski definition) is 2. The van der Waals surface area contributed by atoms with Crippen LogP contribution in [0.25, 0.3) is 11.0 Å². The smallest absolute Gasteiger partial charge is 0.213 e. The number of guanidine groups is 1. The molecular formula is C22H26N4O2. The van der Waals surface area contributed by atoms with Crippen molar-refractivity contribution in [1.29, 1.82) is 0 Å². The molecule has 1 unspecified atom stereocenters. The first-order valence-corrected chi connectivity index (χ1v) is 9.74. The first-order valence-electron chi connectivity index (χ1n) is 9.74. The Morgan fingerprint density at radius 1 is 1.29 bits per heavy atom. The van der Waals surface area contributed by atoms with Gasteiger partial charge in [-0.3, -0.25) is 4.99 Å². The summed E-state index contributed by atoms with van der Waals surface area (Å²) < 4.78 is 11.7. The summed E-state index contributed by atoms with van der Waals surface area (Å²) in [5, 5.41) is 7.82. The van der Waals surface area contributed by atoms with Crippen molar-refractivity contribution in [3.8, 4) is 5.88 Å². The standard InChI is InChI=1S/C22H26N4O2/c1-15(20-12-18-5-3-4-6-19(18)28-20)26-22(23-2)25-13-17-9-10-24-21(11-17)27-14-16-7-8-16/h3-6,9-12,15-16H,7-8,13-14H2,1-2H3,(H2,23,25,26). The Kier molecular flexibility index (Phi) is 5.46. The predicted molar refractivity (Wildman–Crippen MR) is 110 cm³/mol. The summed E-state index contributed by atoms with van der Waals surface area (Å²) in [7, 11) is 1.76. The minimum absolute atomic E-state index is 0.00604. The largest absolute Gasteiger partial charge is 0.477 e. The fourth-order valence-electron chi connectivity index (χ4n) is 3.00. The first-order chi connectivity index (χ1) is 13.7. The minimum Gasteiger partial charge on any atom is -0.477 e. The molecule has 0 amide bonds. The summed E-state index contributed by atoms with van der Waals surface area (Å²) >= 11 is 0. The summed E-state index contributed by atoms with van der Waals surface area (Å²) in [4.78, 5) is 8.61. The number of nitrogens with zero attached hydrogens (tertiary/aromatic N) is 2. The van der Waals surface area contributed by atoms with Gasteiger partial charge < -0.3 is 19.8 Å². The van der Waals surface area contributed by atoms with Crippen LogP contribution in [0.15, 0.2) is 58.1 Å². The van der Waals surface area contributed by atoms with Gasteiger partial charge in [0.1, 0.15) is 11.3 Å². The van der Waals surface area contributed by atoms with Gasteiger partial charge in [-0.25, -0.2) is 4.98 Å². The third-order valence-corrected chi connectivity index (χ3v) is 4.87. The van der Waals surface area contributed by atoms with Gasteiger partial charge >= 0.3 is 0 Å². The van der Waals surface area contributed by atoms with E-state index in [1.54, 1.807) is 13.2 Å². The molecule has 1 saturated carbocycles. The minimum atomic E-state index is -0.00604. The summed E-state index contributed by atoms with van der Waals surface area (Å²) in [5.41, 5.74) is 1.99. The number of pyridine rings is 1. The van der Waals surface area contributed by atoms with E-state index in [0.29, 0.717) is 24.3 Å². The first kappa shape index (κ1) is 18.3. The summed E-state index contributed by atoms with van der Waals surface area (Å²) in [6.07, 6.45) is 4.33. The van der Waals surface area contributed by atoms with Crippen molar-refractivity contribution in [1.82, 2.24) is 15.6 Å². The normalized spacial score (nSPS) is 15.4. The Morgan fingerprint density at radius 2 is 2.14 bits per heavy atom. The molecule has 28 heavy (non-hydrogen) atoms. The molecule has 2 heterocycles. The SMILES string of the molecule is CN=C(NCc1ccnc(OCC2CC2)c1)NC(C)c1cc2ccccc2o1. The van der Waals surface area contributed by atoms with Gasteiger partial charge in [0.2, 0.25) is 5.88 Å². The molecule has 146 valence electrons. The second kappa shape index (κ2) is 8.33. The maximum Gasteiger partial charge on any atom is 0.213 e. The lowest BCUT2D eigenvalue weighted by molar-refractivity contribution is 0.288. The third kappa shape index (κ3) is 4.63. The maximum atomic E-state index is 5.93. The summed E-state index contributed by atoms with van der Waals surface area (Å²) in [6.45, 7) is 3.46. The Hall–Kier alpha value is -3.02. The number of ether oxygens (including phenoxy) is 1. The fourth-order valence-corrected chi connectivity index (χ4v) is 3.00. The zero-order chi connectivity index (χ0) is 19.3. The van der Waals surface area contributed by atoms with E-state index >= 15 is 0 Å². The molecule has 0 aliphatic heterocycles. The van der Waals surface area contributed by atoms with Crippen molar-refractivity contribution in [2.45, 2.75) is 32.4 Å². The second-order valence-corrected chi connectivity index (χ2v) is 7.24. The van der Waals surface area contributed by atoms with Crippen LogP contribution < -0.4 is 15.4 Å². The maximum absolute atomic E-state index is 5.93. The van der Waals surface area contributed by atoms with Crippen LogP contribution in [0, 0.1) is 5.92 Å². The van der Waals surface area contributed by atoms with Crippen molar-refractivity contribution in [2.75, 3.05) is 13.7 Å². The highest BCUT2D eigenvalue weighted by molar-refractivity contribution is 5.81. The molecule has 0 bridgehead atoms. The molecule has 2 N–H and O–H groups in total. The summed E-state index contributed by atoms with van der Waals surface area (Å²) in [5.74, 6) is 2.99. The molecule has 1 atom stereocenters. The number of hydrogen-bond acceptors (Lipinski definition) is 4. The van der Waals surface area contributed by atoms with E-state index in [1.807, 2.05) is 30.3 Å². The summed E-state index contributed by atoms with van der Waals surface area (Å²) in [6, 6.07) is 14.0. The average Bonchev–Trinajstić information content (AvgIpc) is 3.45. The lowest BCUT2D eigenvalue weighted by Gasteiger charge is -2.16. The molecule has 2 aromatic heterocycles. The molecule has 1 fully saturated rings. The number of nitrogens with one attached hydrogen (secondary N) is 2. The molecule has 6 heteroatoms. The Labute approximate surface area is 165 Å². The average molecular weight is 378 g/mol. The van der Waals surface area contributed by atoms with Crippen LogP contribution in [-0.2, 0) is 6.54 Å². The van der Waals surface area contributed by atoms with Crippen LogP contribution in [0.3, 0.4) is 0 Å². The molecule has 0 saturated heterocycles. The molecule has 1 aliphatic carbocycles. The van der Waals surface area contributed by atoms with Crippen molar-refractivity contribution in [3.05, 3.63) is 60.0 Å². The van der Waals surface area contributed by atoms with Gasteiger partial charge in [0, 0.05) is 31.2 Å². The molecule has 0 spiro atoms. The number of fused-ring (bicyclic) bond motifs is 1. The molecule has 4 rings (SSSR count). The molecule has 1 aliphatic rings. The van der Waals surface area contributed by atoms with Gasteiger partial charge in [0.05, 0.1) is 12.6 Å². The molecule has 6 nitrogen and oxygen atoms in total. The van der Waals surface area contributed by atoms with E-state index < -0.39 is 0 Å². The molecule has 3 aromatic rings. The Balaban J connectivity index is 1.33. The van der Waals surface area contributed by atoms with E-state index in [9.17, 15) is 0 Å². The van der Waals surface area contributed by atoms with Gasteiger partial charge in [-0.15, -0.1) is 0 Å². The van der Waals surface area contributed by atoms with Crippen LogP contribution in [0.4, 0.5) is 0 Å². The second-order valence-electron chi connectivity index (χ2n) is 7.24. The highest BCUT2D eigenvalue weighted by Gasteiger charge is 2.22. The Bertz CT molecular complexity index is 929. The highest BCUT2D eigenvalue weighted by atomic mass is 16.5.